The van der Waals surface area contributed by atoms with Crippen molar-refractivity contribution in [2.24, 2.45) is 5.92 Å². The van der Waals surface area contributed by atoms with Gasteiger partial charge in [0.15, 0.2) is 0 Å². The van der Waals surface area contributed by atoms with Crippen LogP contribution in [0.1, 0.15) is 31.9 Å². The van der Waals surface area contributed by atoms with Crippen LogP contribution >= 0.6 is 15.9 Å². The molecule has 1 aromatic rings. The van der Waals surface area contributed by atoms with E-state index >= 15 is 0 Å². The van der Waals surface area contributed by atoms with Gasteiger partial charge in [0.25, 0.3) is 0 Å². The van der Waals surface area contributed by atoms with Crippen LogP contribution in [0, 0.1) is 17.6 Å². The molecule has 0 aromatic heterocycles. The van der Waals surface area contributed by atoms with E-state index in [2.05, 4.69) is 40.0 Å². The van der Waals surface area contributed by atoms with E-state index in [0.717, 1.165) is 32.6 Å². The minimum Gasteiger partial charge on any atom is -0.314 e. The van der Waals surface area contributed by atoms with Crippen LogP contribution < -0.4 is 5.32 Å². The van der Waals surface area contributed by atoms with Gasteiger partial charge in [-0.25, -0.2) is 8.78 Å². The lowest BCUT2D eigenvalue weighted by atomic mass is 9.90. The van der Waals surface area contributed by atoms with Crippen LogP contribution in [-0.4, -0.2) is 31.1 Å². The first-order valence-electron chi connectivity index (χ1n) is 7.13. The molecule has 1 saturated heterocycles. The maximum Gasteiger partial charge on any atom is 0.132 e. The highest BCUT2D eigenvalue weighted by Crippen LogP contribution is 2.35. The molecule has 1 heterocycles. The molecule has 1 unspecified atom stereocenters. The molecule has 0 bridgehead atoms. The van der Waals surface area contributed by atoms with E-state index in [1.165, 1.54) is 12.1 Å². The molecule has 1 aromatic carbocycles. The van der Waals surface area contributed by atoms with Crippen LogP contribution in [0.2, 0.25) is 0 Å². The molecule has 2 nitrogen and oxygen atoms in total. The third kappa shape index (κ3) is 3.38. The molecule has 1 aliphatic heterocycles. The summed E-state index contributed by atoms with van der Waals surface area (Å²) < 4.78 is 29.0. The van der Waals surface area contributed by atoms with Crippen LogP contribution in [0.25, 0.3) is 0 Å². The quantitative estimate of drug-likeness (QED) is 0.893. The van der Waals surface area contributed by atoms with E-state index in [9.17, 15) is 8.78 Å². The molecule has 0 aliphatic carbocycles. The van der Waals surface area contributed by atoms with Crippen LogP contribution in [0.15, 0.2) is 16.6 Å². The Balaban J connectivity index is 2.40. The number of nitrogens with one attached hydrogen (secondary N) is 1. The molecule has 2 rings (SSSR count). The molecule has 20 heavy (non-hydrogen) atoms. The average molecular weight is 347 g/mol. The molecule has 1 aliphatic rings. The third-order valence-corrected chi connectivity index (χ3v) is 4.53. The standard InChI is InChI=1S/C15H21BrF2N2/c1-3-10(2)15(20-6-4-19-5-7-20)14-12(17)8-11(16)9-13(14)18/h8-10,15,19H,3-7H2,1-2H3/t10?,15-/m0/s1. The Morgan fingerprint density at radius 3 is 2.30 bits per heavy atom. The number of nitrogens with zero attached hydrogens (tertiary/aromatic N) is 1. The zero-order chi connectivity index (χ0) is 14.7. The predicted octanol–water partition coefficient (Wildman–Crippen LogP) is 3.72. The van der Waals surface area contributed by atoms with Crippen LogP contribution in [0.3, 0.4) is 0 Å². The lowest BCUT2D eigenvalue weighted by molar-refractivity contribution is 0.122. The van der Waals surface area contributed by atoms with Crippen molar-refractivity contribution in [3.63, 3.8) is 0 Å². The Morgan fingerprint density at radius 1 is 1.25 bits per heavy atom. The second-order valence-electron chi connectivity index (χ2n) is 5.40. The summed E-state index contributed by atoms with van der Waals surface area (Å²) in [6.07, 6.45) is 0.892. The monoisotopic (exact) mass is 346 g/mol. The Labute approximate surface area is 127 Å². The maximum absolute atomic E-state index is 14.3. The first-order chi connectivity index (χ1) is 9.54. The topological polar surface area (TPSA) is 15.3 Å². The second kappa shape index (κ2) is 6.96. The fourth-order valence-corrected chi connectivity index (χ4v) is 3.25. The molecule has 2 atom stereocenters. The van der Waals surface area contributed by atoms with Crippen LogP contribution in [0.5, 0.6) is 0 Å². The zero-order valence-corrected chi connectivity index (χ0v) is 13.5. The maximum atomic E-state index is 14.3. The molecule has 0 spiro atoms. The van der Waals surface area contributed by atoms with Gasteiger partial charge in [-0.2, -0.15) is 0 Å². The predicted molar refractivity (Wildman–Crippen MR) is 80.7 cm³/mol. The summed E-state index contributed by atoms with van der Waals surface area (Å²) in [5.41, 5.74) is 0.212. The lowest BCUT2D eigenvalue weighted by Crippen LogP contribution is -2.47. The molecule has 0 amide bonds. The van der Waals surface area contributed by atoms with Crippen molar-refractivity contribution in [2.75, 3.05) is 26.2 Å². The van der Waals surface area contributed by atoms with Gasteiger partial charge in [0.1, 0.15) is 11.6 Å². The first kappa shape index (κ1) is 15.9. The summed E-state index contributed by atoms with van der Waals surface area (Å²) >= 11 is 3.14. The van der Waals surface area contributed by atoms with E-state index in [-0.39, 0.29) is 17.5 Å². The Kier molecular flexibility index (Phi) is 5.52. The van der Waals surface area contributed by atoms with E-state index in [1.807, 2.05) is 0 Å². The summed E-state index contributed by atoms with van der Waals surface area (Å²) in [6.45, 7) is 7.51. The summed E-state index contributed by atoms with van der Waals surface area (Å²) in [7, 11) is 0. The van der Waals surface area contributed by atoms with Gasteiger partial charge in [-0.3, -0.25) is 4.90 Å². The summed E-state index contributed by atoms with van der Waals surface area (Å²) in [6, 6.07) is 2.52. The van der Waals surface area contributed by atoms with Crippen LogP contribution in [0.4, 0.5) is 8.78 Å². The van der Waals surface area contributed by atoms with Crippen molar-refractivity contribution in [3.8, 4) is 0 Å². The van der Waals surface area contributed by atoms with Gasteiger partial charge < -0.3 is 5.32 Å². The zero-order valence-electron chi connectivity index (χ0n) is 11.9. The van der Waals surface area contributed by atoms with Crippen molar-refractivity contribution < 1.29 is 8.78 Å². The SMILES string of the molecule is CCC(C)[C@@H](c1c(F)cc(Br)cc1F)N1CCNCC1. The number of hydrogen-bond acceptors (Lipinski definition) is 2. The van der Waals surface area contributed by atoms with E-state index in [4.69, 9.17) is 0 Å². The van der Waals surface area contributed by atoms with Crippen molar-refractivity contribution >= 4 is 15.9 Å². The molecule has 1 fully saturated rings. The average Bonchev–Trinajstić information content (AvgIpc) is 2.42. The number of benzene rings is 1. The Hall–Kier alpha value is -0.520. The number of rotatable bonds is 4. The largest absolute Gasteiger partial charge is 0.314 e. The van der Waals surface area contributed by atoms with Gasteiger partial charge in [-0.05, 0) is 18.1 Å². The summed E-state index contributed by atoms with van der Waals surface area (Å²) in [4.78, 5) is 2.19. The highest BCUT2D eigenvalue weighted by Gasteiger charge is 2.31. The van der Waals surface area contributed by atoms with Gasteiger partial charge in [0.05, 0.1) is 0 Å². The number of halogens is 3. The van der Waals surface area contributed by atoms with Gasteiger partial charge in [0.2, 0.25) is 0 Å². The van der Waals surface area contributed by atoms with Crippen molar-refractivity contribution in [2.45, 2.75) is 26.3 Å². The number of hydrogen-bond donors (Lipinski definition) is 1. The molecule has 0 saturated carbocycles. The Bertz CT molecular complexity index is 438. The van der Waals surface area contributed by atoms with Crippen LogP contribution in [-0.2, 0) is 0 Å². The molecule has 0 radical (unpaired) electrons. The van der Waals surface area contributed by atoms with Gasteiger partial charge >= 0.3 is 0 Å². The first-order valence-corrected chi connectivity index (χ1v) is 7.93. The second-order valence-corrected chi connectivity index (χ2v) is 6.32. The Morgan fingerprint density at radius 2 is 1.80 bits per heavy atom. The molecular weight excluding hydrogens is 326 g/mol. The van der Waals surface area contributed by atoms with Crippen molar-refractivity contribution in [3.05, 3.63) is 33.8 Å². The van der Waals surface area contributed by atoms with E-state index in [1.54, 1.807) is 0 Å². The van der Waals surface area contributed by atoms with Crippen molar-refractivity contribution in [1.29, 1.82) is 0 Å². The normalized spacial score (nSPS) is 19.9. The summed E-state index contributed by atoms with van der Waals surface area (Å²) in [5.74, 6) is -0.709. The molecule has 5 heteroatoms. The minimum atomic E-state index is -0.458. The molecule has 1 N–H and O–H groups in total. The highest BCUT2D eigenvalue weighted by atomic mass is 79.9. The third-order valence-electron chi connectivity index (χ3n) is 4.07. The van der Waals surface area contributed by atoms with Gasteiger partial charge in [0, 0.05) is 42.3 Å². The minimum absolute atomic E-state index is 0.199. The number of piperazine rings is 1. The van der Waals surface area contributed by atoms with E-state index < -0.39 is 11.6 Å². The van der Waals surface area contributed by atoms with E-state index in [0.29, 0.717) is 4.47 Å². The highest BCUT2D eigenvalue weighted by molar-refractivity contribution is 9.10. The van der Waals surface area contributed by atoms with Gasteiger partial charge in [-0.1, -0.05) is 36.2 Å². The van der Waals surface area contributed by atoms with Crippen molar-refractivity contribution in [1.82, 2.24) is 10.2 Å². The summed E-state index contributed by atoms with van der Waals surface area (Å²) in [5, 5.41) is 3.28. The fourth-order valence-electron chi connectivity index (χ4n) is 2.85. The fraction of sp³-hybridized carbons (Fsp3) is 0.600. The molecular formula is C15H21BrF2N2. The van der Waals surface area contributed by atoms with Gasteiger partial charge in [-0.15, -0.1) is 0 Å². The lowest BCUT2D eigenvalue weighted by Gasteiger charge is -2.38. The smallest absolute Gasteiger partial charge is 0.132 e. The molecule has 112 valence electrons.